The van der Waals surface area contributed by atoms with Crippen LogP contribution < -0.4 is 11.1 Å². The Morgan fingerprint density at radius 1 is 1.47 bits per heavy atom. The highest BCUT2D eigenvalue weighted by molar-refractivity contribution is 5.93. The number of nitrogen functional groups attached to an aromatic ring is 1. The van der Waals surface area contributed by atoms with Crippen LogP contribution in [-0.4, -0.2) is 26.1 Å². The average Bonchev–Trinajstić information content (AvgIpc) is 3.02. The Bertz CT molecular complexity index is 626. The number of nitrogens with one attached hydrogen (secondary N) is 3. The van der Waals surface area contributed by atoms with Crippen LogP contribution in [0, 0.1) is 6.92 Å². The molecular weight excluding hydrogens is 244 g/mol. The number of nitrogens with two attached hydrogens (primary N) is 1. The predicted molar refractivity (Wildman–Crippen MR) is 69.5 cm³/mol. The fourth-order valence-corrected chi connectivity index (χ4v) is 2.49. The molecule has 5 N–H and O–H groups in total. The molecule has 0 radical (unpaired) electrons. The smallest absolute Gasteiger partial charge is 0.272 e. The third-order valence-corrected chi connectivity index (χ3v) is 3.43. The van der Waals surface area contributed by atoms with E-state index in [1.165, 1.54) is 11.3 Å². The minimum Gasteiger partial charge on any atom is -0.369 e. The van der Waals surface area contributed by atoms with Crippen LogP contribution in [0.5, 0.6) is 0 Å². The van der Waals surface area contributed by atoms with Gasteiger partial charge in [0.25, 0.3) is 5.91 Å². The summed E-state index contributed by atoms with van der Waals surface area (Å²) in [5.41, 5.74) is 9.89. The highest BCUT2D eigenvalue weighted by Gasteiger charge is 2.19. The van der Waals surface area contributed by atoms with Crippen molar-refractivity contribution in [1.29, 1.82) is 0 Å². The van der Waals surface area contributed by atoms with Crippen LogP contribution in [0.3, 0.4) is 0 Å². The molecule has 1 amide bonds. The molecule has 0 atom stereocenters. The second-order valence-corrected chi connectivity index (χ2v) is 4.76. The van der Waals surface area contributed by atoms with Crippen LogP contribution in [0.25, 0.3) is 0 Å². The summed E-state index contributed by atoms with van der Waals surface area (Å²) in [7, 11) is 0. The number of hydrogen-bond donors (Lipinski definition) is 4. The van der Waals surface area contributed by atoms with Gasteiger partial charge >= 0.3 is 0 Å². The number of carbonyl (C=O) groups excluding carboxylic acids is 1. The summed E-state index contributed by atoms with van der Waals surface area (Å²) >= 11 is 0. The van der Waals surface area contributed by atoms with Crippen LogP contribution in [0.1, 0.15) is 39.6 Å². The molecule has 1 aliphatic rings. The first-order valence-electron chi connectivity index (χ1n) is 6.30. The highest BCUT2D eigenvalue weighted by atomic mass is 16.1. The topological polar surface area (TPSA) is 112 Å². The number of aryl methyl sites for hydroxylation is 2. The molecule has 1 aliphatic carbocycles. The molecule has 0 aromatic carbocycles. The van der Waals surface area contributed by atoms with Gasteiger partial charge in [0, 0.05) is 11.4 Å². The Balaban J connectivity index is 1.69. The van der Waals surface area contributed by atoms with Crippen molar-refractivity contribution in [3.8, 4) is 0 Å². The molecule has 7 heteroatoms. The van der Waals surface area contributed by atoms with E-state index in [9.17, 15) is 4.79 Å². The largest absolute Gasteiger partial charge is 0.369 e. The lowest BCUT2D eigenvalue weighted by Crippen LogP contribution is -2.24. The van der Waals surface area contributed by atoms with Gasteiger partial charge in [-0.3, -0.25) is 9.89 Å². The Morgan fingerprint density at radius 3 is 3.05 bits per heavy atom. The van der Waals surface area contributed by atoms with E-state index in [-0.39, 0.29) is 11.9 Å². The molecule has 0 aliphatic heterocycles. The molecule has 2 aromatic rings. The lowest BCUT2D eigenvalue weighted by molar-refractivity contribution is 0.0945. The Morgan fingerprint density at radius 2 is 2.32 bits per heavy atom. The maximum atomic E-state index is 12.0. The summed E-state index contributed by atoms with van der Waals surface area (Å²) in [5, 5.41) is 10.1. The standard InChI is InChI=1S/C12H16N6O/c1-6-10(16-12(13)15-6)11(19)14-5-9-7-3-2-4-8(7)17-18-9/h2-5H2,1H3,(H,14,19)(H,17,18)(H3,13,15,16). The first kappa shape index (κ1) is 11.8. The van der Waals surface area contributed by atoms with E-state index in [2.05, 4.69) is 25.5 Å². The third-order valence-electron chi connectivity index (χ3n) is 3.43. The van der Waals surface area contributed by atoms with Gasteiger partial charge in [-0.1, -0.05) is 0 Å². The average molecular weight is 260 g/mol. The van der Waals surface area contributed by atoms with Gasteiger partial charge in [0.1, 0.15) is 0 Å². The van der Waals surface area contributed by atoms with E-state index in [0.717, 1.165) is 25.0 Å². The number of rotatable bonds is 3. The zero-order valence-corrected chi connectivity index (χ0v) is 10.7. The SMILES string of the molecule is Cc1[nH]c(N)nc1C(=O)NCc1n[nH]c2c1CCC2. The summed E-state index contributed by atoms with van der Waals surface area (Å²) in [6.07, 6.45) is 3.23. The summed E-state index contributed by atoms with van der Waals surface area (Å²) in [6.45, 7) is 2.18. The summed E-state index contributed by atoms with van der Waals surface area (Å²) in [6, 6.07) is 0. The number of amides is 1. The molecule has 2 heterocycles. The molecule has 2 aromatic heterocycles. The Labute approximate surface area is 110 Å². The van der Waals surface area contributed by atoms with E-state index >= 15 is 0 Å². The van der Waals surface area contributed by atoms with Gasteiger partial charge in [-0.05, 0) is 31.7 Å². The minimum atomic E-state index is -0.236. The normalized spacial score (nSPS) is 13.5. The lowest BCUT2D eigenvalue weighted by Gasteiger charge is -2.03. The molecule has 0 fully saturated rings. The van der Waals surface area contributed by atoms with Gasteiger partial charge < -0.3 is 16.0 Å². The minimum absolute atomic E-state index is 0.236. The van der Waals surface area contributed by atoms with Crippen molar-refractivity contribution in [2.75, 3.05) is 5.73 Å². The Hall–Kier alpha value is -2.31. The van der Waals surface area contributed by atoms with Crippen molar-refractivity contribution in [3.63, 3.8) is 0 Å². The van der Waals surface area contributed by atoms with E-state index < -0.39 is 0 Å². The summed E-state index contributed by atoms with van der Waals surface area (Å²) < 4.78 is 0. The van der Waals surface area contributed by atoms with Crippen LogP contribution in [0.2, 0.25) is 0 Å². The number of H-pyrrole nitrogens is 2. The van der Waals surface area contributed by atoms with Gasteiger partial charge in [-0.15, -0.1) is 0 Å². The molecule has 0 unspecified atom stereocenters. The van der Waals surface area contributed by atoms with E-state index in [4.69, 9.17) is 5.73 Å². The van der Waals surface area contributed by atoms with Crippen LogP contribution >= 0.6 is 0 Å². The number of nitrogens with zero attached hydrogens (tertiary/aromatic N) is 2. The molecule has 7 nitrogen and oxygen atoms in total. The maximum Gasteiger partial charge on any atom is 0.272 e. The third kappa shape index (κ3) is 2.07. The fourth-order valence-electron chi connectivity index (χ4n) is 2.49. The van der Waals surface area contributed by atoms with Gasteiger partial charge in [0.15, 0.2) is 11.6 Å². The number of anilines is 1. The number of fused-ring (bicyclic) bond motifs is 1. The summed E-state index contributed by atoms with van der Waals surface area (Å²) in [5.74, 6) is 0.0171. The number of carbonyl (C=O) groups is 1. The van der Waals surface area contributed by atoms with E-state index in [1.807, 2.05) is 0 Å². The van der Waals surface area contributed by atoms with Crippen LogP contribution in [0.4, 0.5) is 5.95 Å². The number of aromatic nitrogens is 4. The van der Waals surface area contributed by atoms with Crippen molar-refractivity contribution in [2.24, 2.45) is 0 Å². The second-order valence-electron chi connectivity index (χ2n) is 4.76. The number of imidazole rings is 1. The lowest BCUT2D eigenvalue weighted by atomic mass is 10.2. The fraction of sp³-hybridized carbons (Fsp3) is 0.417. The molecule has 0 saturated carbocycles. The molecule has 100 valence electrons. The summed E-state index contributed by atoms with van der Waals surface area (Å²) in [4.78, 5) is 18.8. The zero-order valence-electron chi connectivity index (χ0n) is 10.7. The molecule has 3 rings (SSSR count). The van der Waals surface area contributed by atoms with Gasteiger partial charge in [0.2, 0.25) is 0 Å². The van der Waals surface area contributed by atoms with Crippen molar-refractivity contribution >= 4 is 11.9 Å². The second kappa shape index (κ2) is 4.42. The van der Waals surface area contributed by atoms with Crippen LogP contribution in [-0.2, 0) is 19.4 Å². The van der Waals surface area contributed by atoms with Gasteiger partial charge in [-0.2, -0.15) is 5.10 Å². The molecule has 0 spiro atoms. The molecule has 0 bridgehead atoms. The number of hydrogen-bond acceptors (Lipinski definition) is 4. The highest BCUT2D eigenvalue weighted by Crippen LogP contribution is 2.22. The monoisotopic (exact) mass is 260 g/mol. The van der Waals surface area contributed by atoms with Gasteiger partial charge in [0.05, 0.1) is 12.2 Å². The zero-order chi connectivity index (χ0) is 13.4. The number of aromatic amines is 2. The van der Waals surface area contributed by atoms with Gasteiger partial charge in [-0.25, -0.2) is 4.98 Å². The molecule has 0 saturated heterocycles. The maximum absolute atomic E-state index is 12.0. The Kier molecular flexibility index (Phi) is 2.73. The van der Waals surface area contributed by atoms with Crippen LogP contribution in [0.15, 0.2) is 0 Å². The van der Waals surface area contributed by atoms with E-state index in [0.29, 0.717) is 17.9 Å². The molecular formula is C12H16N6O. The quantitative estimate of drug-likeness (QED) is 0.641. The van der Waals surface area contributed by atoms with Crippen molar-refractivity contribution in [2.45, 2.75) is 32.7 Å². The van der Waals surface area contributed by atoms with Crippen molar-refractivity contribution in [1.82, 2.24) is 25.5 Å². The predicted octanol–water partition coefficient (Wildman–Crippen LogP) is 0.442. The van der Waals surface area contributed by atoms with Crippen molar-refractivity contribution < 1.29 is 4.79 Å². The van der Waals surface area contributed by atoms with E-state index in [1.54, 1.807) is 6.92 Å². The first-order chi connectivity index (χ1) is 9.15. The molecule has 19 heavy (non-hydrogen) atoms. The van der Waals surface area contributed by atoms with Crippen molar-refractivity contribution in [3.05, 3.63) is 28.3 Å². The first-order valence-corrected chi connectivity index (χ1v) is 6.30.